The highest BCUT2D eigenvalue weighted by Crippen LogP contribution is 2.45. The minimum absolute atomic E-state index is 0. The van der Waals surface area contributed by atoms with E-state index in [9.17, 15) is 9.59 Å². The molecule has 206 valence electrons. The average molecular weight is 563 g/mol. The van der Waals surface area contributed by atoms with Crippen molar-refractivity contribution in [1.82, 2.24) is 19.4 Å². The Labute approximate surface area is 244 Å². The van der Waals surface area contributed by atoms with Crippen molar-refractivity contribution in [3.05, 3.63) is 107 Å². The summed E-state index contributed by atoms with van der Waals surface area (Å²) < 4.78 is 4.46. The Morgan fingerprint density at radius 2 is 1.41 bits per heavy atom. The van der Waals surface area contributed by atoms with Gasteiger partial charge in [-0.2, -0.15) is 0 Å². The zero-order chi connectivity index (χ0) is 27.0. The summed E-state index contributed by atoms with van der Waals surface area (Å²) in [6.45, 7) is 4.01. The smallest absolute Gasteiger partial charge is 0.259 e. The highest BCUT2D eigenvalue weighted by atomic mass is 35.5. The van der Waals surface area contributed by atoms with Crippen LogP contribution in [-0.4, -0.2) is 38.9 Å². The number of imide groups is 1. The molecule has 0 radical (unpaired) electrons. The SMILES string of the molecule is Cl.Cn1cc(C2=C(c3c4n(c5ccccc35)C[C@@H]3CN(Cc5ccccc5)C[C@@H]3C4)C(=O)NC2=O)c2ccccc21. The fraction of sp³-hybridized carbons (Fsp3) is 0.235. The number of likely N-dealkylation sites (tertiary alicyclic amines) is 1. The van der Waals surface area contributed by atoms with Crippen molar-refractivity contribution in [1.29, 1.82) is 0 Å². The maximum Gasteiger partial charge on any atom is 0.259 e. The summed E-state index contributed by atoms with van der Waals surface area (Å²) in [5.74, 6) is 0.460. The second kappa shape index (κ2) is 9.75. The quantitative estimate of drug-likeness (QED) is 0.297. The molecule has 0 saturated carbocycles. The number of para-hydroxylation sites is 2. The Bertz CT molecular complexity index is 1880. The number of hydrogen-bond donors (Lipinski definition) is 1. The Kier molecular flexibility index (Phi) is 6.14. The van der Waals surface area contributed by atoms with Gasteiger partial charge in [-0.25, -0.2) is 0 Å². The number of nitrogens with zero attached hydrogens (tertiary/aromatic N) is 3. The second-order valence-corrected chi connectivity index (χ2v) is 11.6. The van der Waals surface area contributed by atoms with E-state index in [0.29, 0.717) is 23.0 Å². The van der Waals surface area contributed by atoms with Gasteiger partial charge in [-0.05, 0) is 36.0 Å². The third kappa shape index (κ3) is 3.97. The summed E-state index contributed by atoms with van der Waals surface area (Å²) in [6.07, 6.45) is 2.88. The van der Waals surface area contributed by atoms with Gasteiger partial charge in [0.05, 0.1) is 11.1 Å². The molecule has 5 heterocycles. The molecule has 0 spiro atoms. The van der Waals surface area contributed by atoms with Crippen LogP contribution in [0.1, 0.15) is 22.4 Å². The van der Waals surface area contributed by atoms with Gasteiger partial charge in [0.25, 0.3) is 11.8 Å². The molecular formula is C34H31ClN4O2. The molecule has 0 bridgehead atoms. The summed E-state index contributed by atoms with van der Waals surface area (Å²) in [4.78, 5) is 29.6. The van der Waals surface area contributed by atoms with Gasteiger partial charge in [0.15, 0.2) is 0 Å². The third-order valence-corrected chi connectivity index (χ3v) is 9.20. The Balaban J connectivity index is 0.00000276. The van der Waals surface area contributed by atoms with Crippen LogP contribution >= 0.6 is 12.4 Å². The molecule has 8 rings (SSSR count). The largest absolute Gasteiger partial charge is 0.350 e. The molecule has 6 nitrogen and oxygen atoms in total. The molecule has 5 aromatic rings. The third-order valence-electron chi connectivity index (χ3n) is 9.20. The lowest BCUT2D eigenvalue weighted by molar-refractivity contribution is -0.122. The van der Waals surface area contributed by atoms with Crippen LogP contribution in [0, 0.1) is 11.8 Å². The van der Waals surface area contributed by atoms with Gasteiger partial charge in [0.2, 0.25) is 0 Å². The van der Waals surface area contributed by atoms with Crippen LogP contribution in [0.15, 0.2) is 85.1 Å². The number of rotatable bonds is 4. The molecule has 3 aliphatic rings. The van der Waals surface area contributed by atoms with Gasteiger partial charge in [0.1, 0.15) is 0 Å². The van der Waals surface area contributed by atoms with E-state index in [1.165, 1.54) is 11.3 Å². The van der Waals surface area contributed by atoms with Crippen molar-refractivity contribution < 1.29 is 9.59 Å². The number of carbonyl (C=O) groups excluding carboxylic acids is 2. The summed E-state index contributed by atoms with van der Waals surface area (Å²) in [7, 11) is 1.98. The van der Waals surface area contributed by atoms with Crippen LogP contribution in [0.3, 0.4) is 0 Å². The van der Waals surface area contributed by atoms with E-state index >= 15 is 0 Å². The maximum atomic E-state index is 13.6. The first-order valence-electron chi connectivity index (χ1n) is 14.1. The lowest BCUT2D eigenvalue weighted by Crippen LogP contribution is -2.28. The second-order valence-electron chi connectivity index (χ2n) is 11.6. The first-order chi connectivity index (χ1) is 19.6. The van der Waals surface area contributed by atoms with E-state index in [0.717, 1.165) is 65.5 Å². The molecule has 2 atom stereocenters. The number of fused-ring (bicyclic) bond motifs is 5. The molecule has 1 saturated heterocycles. The van der Waals surface area contributed by atoms with E-state index in [1.54, 1.807) is 0 Å². The minimum atomic E-state index is -0.316. The van der Waals surface area contributed by atoms with E-state index in [1.807, 2.05) is 48.1 Å². The van der Waals surface area contributed by atoms with E-state index in [2.05, 4.69) is 63.3 Å². The molecule has 7 heteroatoms. The average Bonchev–Trinajstić information content (AvgIpc) is 3.68. The van der Waals surface area contributed by atoms with Gasteiger partial charge in [-0.3, -0.25) is 19.8 Å². The number of aromatic nitrogens is 2. The number of benzene rings is 3. The number of nitrogens with one attached hydrogen (secondary N) is 1. The van der Waals surface area contributed by atoms with Crippen molar-refractivity contribution in [2.45, 2.75) is 19.5 Å². The van der Waals surface area contributed by atoms with Gasteiger partial charge < -0.3 is 9.13 Å². The fourth-order valence-electron chi connectivity index (χ4n) is 7.48. The molecule has 2 aromatic heterocycles. The molecule has 2 amide bonds. The molecule has 0 aliphatic carbocycles. The standard InChI is InChI=1S/C34H30N4O2.ClH/c1-36-20-26(24-11-5-7-13-27(24)36)31-32(34(40)35-33(31)39)30-25-12-6-8-14-28(25)38-19-23-18-37(17-22(23)15-29(30)38)16-21-9-3-2-4-10-21;/h2-14,20,22-23H,15-19H2,1H3,(H,35,39,40);1H/t22-,23-;/m0./s1. The summed E-state index contributed by atoms with van der Waals surface area (Å²) >= 11 is 0. The van der Waals surface area contributed by atoms with E-state index in [-0.39, 0.29) is 24.2 Å². The van der Waals surface area contributed by atoms with E-state index < -0.39 is 0 Å². The zero-order valence-corrected chi connectivity index (χ0v) is 23.7. The number of amides is 2. The van der Waals surface area contributed by atoms with Crippen molar-refractivity contribution in [3.8, 4) is 0 Å². The summed E-state index contributed by atoms with van der Waals surface area (Å²) in [5.41, 5.74) is 7.45. The zero-order valence-electron chi connectivity index (χ0n) is 22.8. The van der Waals surface area contributed by atoms with Crippen molar-refractivity contribution >= 4 is 57.2 Å². The maximum absolute atomic E-state index is 13.6. The number of aryl methyl sites for hydroxylation is 1. The Hall–Kier alpha value is -4.13. The predicted molar refractivity (Wildman–Crippen MR) is 164 cm³/mol. The van der Waals surface area contributed by atoms with Gasteiger partial charge in [-0.1, -0.05) is 66.7 Å². The Morgan fingerprint density at radius 3 is 2.22 bits per heavy atom. The van der Waals surface area contributed by atoms with Crippen LogP contribution in [0.25, 0.3) is 33.0 Å². The van der Waals surface area contributed by atoms with Crippen LogP contribution < -0.4 is 5.32 Å². The number of carbonyl (C=O) groups is 2. The minimum Gasteiger partial charge on any atom is -0.350 e. The van der Waals surface area contributed by atoms with Gasteiger partial charge >= 0.3 is 0 Å². The molecule has 3 aliphatic heterocycles. The first kappa shape index (κ1) is 25.8. The molecule has 1 fully saturated rings. The van der Waals surface area contributed by atoms with Crippen LogP contribution in [0.5, 0.6) is 0 Å². The number of hydrogen-bond acceptors (Lipinski definition) is 3. The lowest BCUT2D eigenvalue weighted by Gasteiger charge is -2.28. The monoisotopic (exact) mass is 562 g/mol. The molecular weight excluding hydrogens is 532 g/mol. The lowest BCUT2D eigenvalue weighted by atomic mass is 9.85. The first-order valence-corrected chi connectivity index (χ1v) is 14.1. The van der Waals surface area contributed by atoms with Crippen molar-refractivity contribution in [2.24, 2.45) is 18.9 Å². The highest BCUT2D eigenvalue weighted by Gasteiger charge is 2.42. The molecule has 1 N–H and O–H groups in total. The predicted octanol–water partition coefficient (Wildman–Crippen LogP) is 5.43. The number of halogens is 1. The highest BCUT2D eigenvalue weighted by molar-refractivity contribution is 6.51. The fourth-order valence-corrected chi connectivity index (χ4v) is 7.48. The topological polar surface area (TPSA) is 59.3 Å². The van der Waals surface area contributed by atoms with Crippen LogP contribution in [-0.2, 0) is 36.1 Å². The van der Waals surface area contributed by atoms with Gasteiger partial charge in [-0.15, -0.1) is 12.4 Å². The molecule has 0 unspecified atom stereocenters. The van der Waals surface area contributed by atoms with Crippen LogP contribution in [0.4, 0.5) is 0 Å². The van der Waals surface area contributed by atoms with E-state index in [4.69, 9.17) is 0 Å². The van der Waals surface area contributed by atoms with Crippen molar-refractivity contribution in [2.75, 3.05) is 13.1 Å². The Morgan fingerprint density at radius 1 is 0.756 bits per heavy atom. The molecule has 41 heavy (non-hydrogen) atoms. The van der Waals surface area contributed by atoms with Crippen LogP contribution in [0.2, 0.25) is 0 Å². The van der Waals surface area contributed by atoms with Gasteiger partial charge in [0, 0.05) is 78.1 Å². The summed E-state index contributed by atoms with van der Waals surface area (Å²) in [5, 5.41) is 4.68. The normalized spacial score (nSPS) is 20.4. The molecule has 3 aromatic carbocycles. The summed E-state index contributed by atoms with van der Waals surface area (Å²) in [6, 6.07) is 27.1. The van der Waals surface area contributed by atoms with Crippen molar-refractivity contribution in [3.63, 3.8) is 0 Å².